The molecule has 188 valence electrons. The lowest BCUT2D eigenvalue weighted by molar-refractivity contribution is -0.143. The zero-order chi connectivity index (χ0) is 26.4. The van der Waals surface area contributed by atoms with E-state index in [2.05, 4.69) is 10.3 Å². The molecule has 13 heteroatoms. The first-order valence-electron chi connectivity index (χ1n) is 10.1. The van der Waals surface area contributed by atoms with Crippen molar-refractivity contribution in [3.63, 3.8) is 0 Å². The molecule has 0 aliphatic heterocycles. The molecule has 2 aromatic heterocycles. The van der Waals surface area contributed by atoms with Crippen LogP contribution in [0.3, 0.4) is 0 Å². The highest BCUT2D eigenvalue weighted by molar-refractivity contribution is 6.18. The number of carboxylic acid groups (broad SMARTS) is 1. The maximum Gasteiger partial charge on any atom is 0.416 e. The average Bonchev–Trinajstić information content (AvgIpc) is 3.08. The van der Waals surface area contributed by atoms with Crippen LogP contribution in [0.1, 0.15) is 22.3 Å². The highest BCUT2D eigenvalue weighted by Crippen LogP contribution is 2.41. The van der Waals surface area contributed by atoms with E-state index in [1.807, 2.05) is 0 Å². The maximum absolute atomic E-state index is 13.4. The van der Waals surface area contributed by atoms with Crippen molar-refractivity contribution in [3.05, 3.63) is 65.0 Å². The fourth-order valence-corrected chi connectivity index (χ4v) is 4.14. The van der Waals surface area contributed by atoms with Gasteiger partial charge in [-0.2, -0.15) is 26.3 Å². The van der Waals surface area contributed by atoms with Crippen LogP contribution in [0.5, 0.6) is 5.75 Å². The van der Waals surface area contributed by atoms with Gasteiger partial charge < -0.3 is 20.1 Å². The summed E-state index contributed by atoms with van der Waals surface area (Å²) < 4.78 is 81.4. The third-order valence-corrected chi connectivity index (χ3v) is 5.54. The van der Waals surface area contributed by atoms with Crippen LogP contribution in [0.25, 0.3) is 21.8 Å². The van der Waals surface area contributed by atoms with E-state index in [4.69, 9.17) is 0 Å². The van der Waals surface area contributed by atoms with Crippen LogP contribution in [0.2, 0.25) is 0 Å². The molecule has 0 unspecified atom stereocenters. The molecular formula is C23H15F6N3O4. The van der Waals surface area contributed by atoms with E-state index in [0.29, 0.717) is 12.1 Å². The Morgan fingerprint density at radius 3 is 2.17 bits per heavy atom. The van der Waals surface area contributed by atoms with Crippen molar-refractivity contribution >= 4 is 39.9 Å². The summed E-state index contributed by atoms with van der Waals surface area (Å²) in [5.74, 6) is -1.61. The van der Waals surface area contributed by atoms with Gasteiger partial charge in [0.1, 0.15) is 5.75 Å². The predicted molar refractivity (Wildman–Crippen MR) is 115 cm³/mol. The summed E-state index contributed by atoms with van der Waals surface area (Å²) in [6.45, 7) is -0.489. The minimum absolute atomic E-state index is 0.0209. The lowest BCUT2D eigenvalue weighted by Crippen LogP contribution is -2.13. The highest BCUT2D eigenvalue weighted by atomic mass is 19.4. The number of halogens is 6. The fourth-order valence-electron chi connectivity index (χ4n) is 4.14. The second-order valence-electron chi connectivity index (χ2n) is 7.88. The molecule has 2 aromatic carbocycles. The molecule has 4 rings (SSSR count). The Morgan fingerprint density at radius 1 is 0.972 bits per heavy atom. The van der Waals surface area contributed by atoms with Gasteiger partial charge in [-0.15, -0.1) is 0 Å². The molecule has 7 nitrogen and oxygen atoms in total. The molecule has 36 heavy (non-hydrogen) atoms. The number of aromatic hydroxyl groups is 1. The number of anilines is 1. The molecule has 2 heterocycles. The van der Waals surface area contributed by atoms with Gasteiger partial charge in [-0.25, -0.2) is 0 Å². The van der Waals surface area contributed by atoms with Crippen molar-refractivity contribution < 1.29 is 46.1 Å². The molecule has 0 spiro atoms. The summed E-state index contributed by atoms with van der Waals surface area (Å²) in [5, 5.41) is 22.4. The van der Waals surface area contributed by atoms with Crippen molar-refractivity contribution in [2.75, 3.05) is 5.32 Å². The number of fused-ring (bicyclic) bond motifs is 3. The van der Waals surface area contributed by atoms with E-state index in [0.717, 1.165) is 6.20 Å². The van der Waals surface area contributed by atoms with E-state index in [9.17, 15) is 46.1 Å². The number of hydrogen-bond acceptors (Lipinski definition) is 4. The van der Waals surface area contributed by atoms with Crippen LogP contribution in [-0.4, -0.2) is 32.1 Å². The van der Waals surface area contributed by atoms with Crippen LogP contribution < -0.4 is 5.32 Å². The first-order valence-corrected chi connectivity index (χ1v) is 10.1. The summed E-state index contributed by atoms with van der Waals surface area (Å²) in [6, 6.07) is 3.96. The molecule has 0 bridgehead atoms. The Bertz CT molecular complexity index is 1480. The van der Waals surface area contributed by atoms with E-state index >= 15 is 0 Å². The van der Waals surface area contributed by atoms with Gasteiger partial charge in [-0.3, -0.25) is 14.6 Å². The molecular weight excluding hydrogens is 496 g/mol. The number of aromatic nitrogens is 2. The lowest BCUT2D eigenvalue weighted by atomic mass is 10.0. The van der Waals surface area contributed by atoms with Crippen molar-refractivity contribution in [1.29, 1.82) is 0 Å². The standard InChI is InChI=1S/C23H15F6N3O4/c24-22(25,26)13-3-11(4-14(6-13)23(27,28)29)9-32-15-2-1-12(5-18(35)36)21(31-10-33)20(15)19-16(32)7-30-8-17(19)34/h1-4,6-8,10,34H,5,9H2,(H,31,33)(H,35,36). The predicted octanol–water partition coefficient (Wildman–Crippen LogP) is 5.18. The van der Waals surface area contributed by atoms with Crippen molar-refractivity contribution in [3.8, 4) is 5.75 Å². The number of carbonyl (C=O) groups excluding carboxylic acids is 1. The molecule has 0 fully saturated rings. The van der Waals surface area contributed by atoms with E-state index in [-0.39, 0.29) is 51.1 Å². The number of benzene rings is 2. The Labute approximate surface area is 197 Å². The summed E-state index contributed by atoms with van der Waals surface area (Å²) >= 11 is 0. The Balaban J connectivity index is 2.02. The van der Waals surface area contributed by atoms with E-state index in [1.54, 1.807) is 0 Å². The van der Waals surface area contributed by atoms with Gasteiger partial charge in [0.2, 0.25) is 6.41 Å². The van der Waals surface area contributed by atoms with Gasteiger partial charge in [-0.05, 0) is 35.4 Å². The molecule has 3 N–H and O–H groups in total. The normalized spacial score (nSPS) is 12.3. The molecule has 0 atom stereocenters. The number of nitrogens with one attached hydrogen (secondary N) is 1. The Kier molecular flexibility index (Phi) is 6.02. The van der Waals surface area contributed by atoms with Gasteiger partial charge in [0.05, 0.1) is 52.0 Å². The van der Waals surface area contributed by atoms with E-state index < -0.39 is 48.2 Å². The average molecular weight is 511 g/mol. The number of pyridine rings is 1. The number of rotatable bonds is 6. The SMILES string of the molecule is O=CNc1c(CC(=O)O)ccc2c1c1c(O)cncc1n2Cc1cc(C(F)(F)F)cc(C(F)(F)F)c1. The number of carboxylic acids is 1. The first kappa shape index (κ1) is 24.8. The van der Waals surface area contributed by atoms with Crippen LogP contribution in [0, 0.1) is 0 Å². The number of carbonyl (C=O) groups is 2. The Hall–Kier alpha value is -4.29. The molecule has 0 aliphatic rings. The van der Waals surface area contributed by atoms with Gasteiger partial charge in [-0.1, -0.05) is 6.07 Å². The first-order chi connectivity index (χ1) is 16.8. The lowest BCUT2D eigenvalue weighted by Gasteiger charge is -2.16. The van der Waals surface area contributed by atoms with Gasteiger partial charge >= 0.3 is 18.3 Å². The van der Waals surface area contributed by atoms with Crippen LogP contribution in [0.4, 0.5) is 32.0 Å². The molecule has 1 amide bonds. The molecule has 0 saturated carbocycles. The highest BCUT2D eigenvalue weighted by Gasteiger charge is 2.37. The van der Waals surface area contributed by atoms with E-state index in [1.165, 1.54) is 22.9 Å². The summed E-state index contributed by atoms with van der Waals surface area (Å²) in [5.41, 5.74) is -2.78. The minimum atomic E-state index is -5.04. The van der Waals surface area contributed by atoms with Crippen molar-refractivity contribution in [2.24, 2.45) is 0 Å². The number of amides is 1. The monoisotopic (exact) mass is 511 g/mol. The summed E-state index contributed by atoms with van der Waals surface area (Å²) in [7, 11) is 0. The quantitative estimate of drug-likeness (QED) is 0.245. The summed E-state index contributed by atoms with van der Waals surface area (Å²) in [4.78, 5) is 26.4. The molecule has 4 aromatic rings. The maximum atomic E-state index is 13.4. The van der Waals surface area contributed by atoms with Gasteiger partial charge in [0, 0.05) is 11.9 Å². The number of nitrogens with zero attached hydrogens (tertiary/aromatic N) is 2. The van der Waals surface area contributed by atoms with Crippen molar-refractivity contribution in [1.82, 2.24) is 9.55 Å². The smallest absolute Gasteiger partial charge is 0.416 e. The largest absolute Gasteiger partial charge is 0.506 e. The van der Waals surface area contributed by atoms with Crippen LogP contribution in [-0.2, 0) is 34.9 Å². The second-order valence-corrected chi connectivity index (χ2v) is 7.88. The zero-order valence-electron chi connectivity index (χ0n) is 17.9. The topological polar surface area (TPSA) is 104 Å². The second kappa shape index (κ2) is 8.73. The number of hydrogen-bond donors (Lipinski definition) is 3. The third kappa shape index (κ3) is 4.51. The van der Waals surface area contributed by atoms with Gasteiger partial charge in [0.15, 0.2) is 0 Å². The van der Waals surface area contributed by atoms with Crippen molar-refractivity contribution in [2.45, 2.75) is 25.3 Å². The number of alkyl halides is 6. The van der Waals surface area contributed by atoms with Crippen LogP contribution in [0.15, 0.2) is 42.7 Å². The zero-order valence-corrected chi connectivity index (χ0v) is 17.9. The third-order valence-electron chi connectivity index (χ3n) is 5.54. The number of aliphatic carboxylic acids is 1. The molecule has 0 aliphatic carbocycles. The van der Waals surface area contributed by atoms with Crippen LogP contribution >= 0.6 is 0 Å². The Morgan fingerprint density at radius 2 is 1.61 bits per heavy atom. The summed E-state index contributed by atoms with van der Waals surface area (Å²) in [6.07, 6.45) is -7.99. The minimum Gasteiger partial charge on any atom is -0.506 e. The molecule has 0 radical (unpaired) electrons. The molecule has 0 saturated heterocycles. The fraction of sp³-hybridized carbons (Fsp3) is 0.174. The van der Waals surface area contributed by atoms with Gasteiger partial charge in [0.25, 0.3) is 0 Å².